The zero-order valence-corrected chi connectivity index (χ0v) is 10.6. The molecule has 0 spiro atoms. The summed E-state index contributed by atoms with van der Waals surface area (Å²) < 4.78 is 16.1. The van der Waals surface area contributed by atoms with Gasteiger partial charge >= 0.3 is 5.97 Å². The Morgan fingerprint density at radius 1 is 1.33 bits per heavy atom. The van der Waals surface area contributed by atoms with E-state index in [9.17, 15) is 4.79 Å². The number of hydrogen-bond acceptors (Lipinski definition) is 4. The lowest BCUT2D eigenvalue weighted by Gasteiger charge is -2.19. The highest BCUT2D eigenvalue weighted by atomic mass is 16.6. The summed E-state index contributed by atoms with van der Waals surface area (Å²) in [4.78, 5) is 12.0. The minimum Gasteiger partial charge on any atom is -0.428 e. The number of carbonyl (C=O) groups is 1. The standard InChI is InChI=1S/C14H18O4/c1-16-10-4-2-3-9(7-10)14(15)17-11-5-6-12-13(8-11)18-12/h7-8,10,12-13H,2-6H2,1H3. The molecule has 0 aromatic heterocycles. The molecule has 0 radical (unpaired) electrons. The van der Waals surface area contributed by atoms with Gasteiger partial charge in [0.25, 0.3) is 0 Å². The summed E-state index contributed by atoms with van der Waals surface area (Å²) in [5, 5.41) is 0. The molecule has 3 unspecified atom stereocenters. The number of epoxide rings is 1. The summed E-state index contributed by atoms with van der Waals surface area (Å²) in [7, 11) is 1.67. The Bertz CT molecular complexity index is 410. The van der Waals surface area contributed by atoms with Gasteiger partial charge in [0, 0.05) is 19.1 Å². The Kier molecular flexibility index (Phi) is 3.22. The van der Waals surface area contributed by atoms with Gasteiger partial charge in [0.15, 0.2) is 0 Å². The van der Waals surface area contributed by atoms with Crippen LogP contribution in [-0.2, 0) is 19.0 Å². The molecular formula is C14H18O4. The first-order valence-electron chi connectivity index (χ1n) is 6.58. The molecule has 3 aliphatic rings. The van der Waals surface area contributed by atoms with Gasteiger partial charge < -0.3 is 14.2 Å². The maximum absolute atomic E-state index is 12.0. The third kappa shape index (κ3) is 2.49. The second-order valence-electron chi connectivity index (χ2n) is 5.06. The highest BCUT2D eigenvalue weighted by molar-refractivity contribution is 5.89. The van der Waals surface area contributed by atoms with Gasteiger partial charge in [0.05, 0.1) is 12.2 Å². The molecule has 1 saturated heterocycles. The van der Waals surface area contributed by atoms with Crippen LogP contribution >= 0.6 is 0 Å². The van der Waals surface area contributed by atoms with Crippen molar-refractivity contribution in [3.63, 3.8) is 0 Å². The van der Waals surface area contributed by atoms with E-state index < -0.39 is 0 Å². The monoisotopic (exact) mass is 250 g/mol. The number of fused-ring (bicyclic) bond motifs is 1. The smallest absolute Gasteiger partial charge is 0.338 e. The van der Waals surface area contributed by atoms with Crippen molar-refractivity contribution >= 4 is 5.97 Å². The quantitative estimate of drug-likeness (QED) is 0.568. The number of allylic oxidation sites excluding steroid dienone is 1. The van der Waals surface area contributed by atoms with Crippen molar-refractivity contribution in [2.45, 2.75) is 50.4 Å². The van der Waals surface area contributed by atoms with E-state index in [1.165, 1.54) is 0 Å². The van der Waals surface area contributed by atoms with Crippen molar-refractivity contribution in [2.75, 3.05) is 7.11 Å². The minimum atomic E-state index is -0.220. The van der Waals surface area contributed by atoms with Crippen molar-refractivity contribution in [3.8, 4) is 0 Å². The van der Waals surface area contributed by atoms with Crippen LogP contribution in [0.5, 0.6) is 0 Å². The van der Waals surface area contributed by atoms with Crippen LogP contribution in [0.15, 0.2) is 23.5 Å². The fourth-order valence-corrected chi connectivity index (χ4v) is 2.60. The molecule has 1 aliphatic heterocycles. The molecule has 2 aliphatic carbocycles. The van der Waals surface area contributed by atoms with E-state index in [1.54, 1.807) is 7.11 Å². The van der Waals surface area contributed by atoms with Gasteiger partial charge in [-0.15, -0.1) is 0 Å². The Morgan fingerprint density at radius 3 is 3.00 bits per heavy atom. The van der Waals surface area contributed by atoms with Crippen LogP contribution in [0.25, 0.3) is 0 Å². The predicted molar refractivity (Wildman–Crippen MR) is 64.8 cm³/mol. The molecule has 4 heteroatoms. The Morgan fingerprint density at radius 2 is 2.22 bits per heavy atom. The van der Waals surface area contributed by atoms with E-state index in [2.05, 4.69) is 0 Å². The Balaban J connectivity index is 1.62. The third-order valence-electron chi connectivity index (χ3n) is 3.76. The summed E-state index contributed by atoms with van der Waals surface area (Å²) in [5.74, 6) is 0.543. The average Bonchev–Trinajstić information content (AvgIpc) is 3.17. The van der Waals surface area contributed by atoms with E-state index in [-0.39, 0.29) is 18.2 Å². The van der Waals surface area contributed by atoms with Crippen LogP contribution in [0.4, 0.5) is 0 Å². The number of methoxy groups -OCH3 is 1. The maximum atomic E-state index is 12.0. The highest BCUT2D eigenvalue weighted by Gasteiger charge is 2.40. The van der Waals surface area contributed by atoms with Crippen molar-refractivity contribution in [2.24, 2.45) is 0 Å². The molecule has 18 heavy (non-hydrogen) atoms. The second-order valence-corrected chi connectivity index (χ2v) is 5.06. The number of carbonyl (C=O) groups excluding carboxylic acids is 1. The molecule has 3 rings (SSSR count). The molecule has 0 aromatic carbocycles. The van der Waals surface area contributed by atoms with Gasteiger partial charge in [-0.05, 0) is 37.8 Å². The van der Waals surface area contributed by atoms with Crippen LogP contribution in [0.1, 0.15) is 32.1 Å². The Labute approximate surface area is 107 Å². The zero-order valence-electron chi connectivity index (χ0n) is 10.6. The van der Waals surface area contributed by atoms with Crippen molar-refractivity contribution in [3.05, 3.63) is 23.5 Å². The molecular weight excluding hydrogens is 232 g/mol. The van der Waals surface area contributed by atoms with Crippen LogP contribution < -0.4 is 0 Å². The van der Waals surface area contributed by atoms with Crippen molar-refractivity contribution < 1.29 is 19.0 Å². The summed E-state index contributed by atoms with van der Waals surface area (Å²) in [6, 6.07) is 0. The lowest BCUT2D eigenvalue weighted by Crippen LogP contribution is -2.18. The molecule has 1 fully saturated rings. The van der Waals surface area contributed by atoms with E-state index >= 15 is 0 Å². The summed E-state index contributed by atoms with van der Waals surface area (Å²) in [6.07, 6.45) is 8.95. The number of ether oxygens (including phenoxy) is 3. The fraction of sp³-hybridized carbons (Fsp3) is 0.643. The summed E-state index contributed by atoms with van der Waals surface area (Å²) in [6.45, 7) is 0. The van der Waals surface area contributed by atoms with Crippen molar-refractivity contribution in [1.29, 1.82) is 0 Å². The molecule has 0 amide bonds. The van der Waals surface area contributed by atoms with Gasteiger partial charge in [-0.1, -0.05) is 0 Å². The van der Waals surface area contributed by atoms with Gasteiger partial charge in [0.1, 0.15) is 11.9 Å². The van der Waals surface area contributed by atoms with E-state index in [1.807, 2.05) is 12.2 Å². The van der Waals surface area contributed by atoms with Gasteiger partial charge in [-0.3, -0.25) is 0 Å². The minimum absolute atomic E-state index is 0.0535. The molecule has 0 saturated carbocycles. The molecule has 0 bridgehead atoms. The van der Waals surface area contributed by atoms with Crippen LogP contribution in [0.3, 0.4) is 0 Å². The van der Waals surface area contributed by atoms with E-state index in [0.29, 0.717) is 6.10 Å². The lowest BCUT2D eigenvalue weighted by atomic mass is 9.97. The highest BCUT2D eigenvalue weighted by Crippen LogP contribution is 2.35. The molecule has 0 aromatic rings. The van der Waals surface area contributed by atoms with Crippen LogP contribution in [0.2, 0.25) is 0 Å². The summed E-state index contributed by atoms with van der Waals surface area (Å²) in [5.41, 5.74) is 0.743. The zero-order chi connectivity index (χ0) is 12.5. The largest absolute Gasteiger partial charge is 0.428 e. The first kappa shape index (κ1) is 11.9. The topological polar surface area (TPSA) is 48.1 Å². The molecule has 3 atom stereocenters. The average molecular weight is 250 g/mol. The number of rotatable bonds is 3. The molecule has 4 nitrogen and oxygen atoms in total. The first-order valence-corrected chi connectivity index (χ1v) is 6.58. The van der Waals surface area contributed by atoms with Gasteiger partial charge in [-0.2, -0.15) is 0 Å². The normalized spacial score (nSPS) is 34.2. The van der Waals surface area contributed by atoms with E-state index in [0.717, 1.165) is 43.4 Å². The van der Waals surface area contributed by atoms with Gasteiger partial charge in [0.2, 0.25) is 0 Å². The van der Waals surface area contributed by atoms with E-state index in [4.69, 9.17) is 14.2 Å². The Hall–Kier alpha value is -1.13. The SMILES string of the molecule is COC1C=C(C(=O)OC2=CC3OC3CC2)CCC1. The number of esters is 1. The third-order valence-corrected chi connectivity index (χ3v) is 3.76. The maximum Gasteiger partial charge on any atom is 0.338 e. The fourth-order valence-electron chi connectivity index (χ4n) is 2.60. The van der Waals surface area contributed by atoms with Crippen LogP contribution in [-0.4, -0.2) is 31.4 Å². The summed E-state index contributed by atoms with van der Waals surface area (Å²) >= 11 is 0. The van der Waals surface area contributed by atoms with Gasteiger partial charge in [-0.25, -0.2) is 4.79 Å². The molecule has 1 heterocycles. The first-order chi connectivity index (χ1) is 8.76. The second kappa shape index (κ2) is 4.86. The number of hydrogen-bond donors (Lipinski definition) is 0. The molecule has 98 valence electrons. The lowest BCUT2D eigenvalue weighted by molar-refractivity contribution is -0.135. The van der Waals surface area contributed by atoms with Crippen molar-refractivity contribution in [1.82, 2.24) is 0 Å². The predicted octanol–water partition coefficient (Wildman–Crippen LogP) is 2.10. The molecule has 0 N–H and O–H groups in total. The van der Waals surface area contributed by atoms with Crippen LogP contribution in [0, 0.1) is 0 Å².